The molecule has 0 unspecified atom stereocenters. The quantitative estimate of drug-likeness (QED) is 0.764. The van der Waals surface area contributed by atoms with Crippen LogP contribution in [0.3, 0.4) is 0 Å². The number of hydrogen-bond acceptors (Lipinski definition) is 3. The average Bonchev–Trinajstić information content (AvgIpc) is 2.99. The van der Waals surface area contributed by atoms with E-state index in [0.717, 1.165) is 10.4 Å². The number of urea groups is 1. The highest BCUT2D eigenvalue weighted by atomic mass is 32.1. The maximum Gasteiger partial charge on any atom is 0.312 e. The van der Waals surface area contributed by atoms with Crippen molar-refractivity contribution in [2.24, 2.45) is 5.73 Å². The predicted molar refractivity (Wildman–Crippen MR) is 82.7 cm³/mol. The molecule has 0 fully saturated rings. The van der Waals surface area contributed by atoms with Gasteiger partial charge in [0.1, 0.15) is 0 Å². The van der Waals surface area contributed by atoms with Gasteiger partial charge in [0.25, 0.3) is 0 Å². The first-order valence-electron chi connectivity index (χ1n) is 6.55. The minimum atomic E-state index is -0.635. The van der Waals surface area contributed by atoms with Crippen molar-refractivity contribution < 1.29 is 9.59 Å². The normalized spacial score (nSPS) is 11.6. The van der Waals surface area contributed by atoms with Gasteiger partial charge in [-0.15, -0.1) is 11.3 Å². The molecule has 5 nitrogen and oxygen atoms in total. The van der Waals surface area contributed by atoms with Gasteiger partial charge in [0.2, 0.25) is 5.91 Å². The van der Waals surface area contributed by atoms with E-state index in [1.54, 1.807) is 0 Å². The summed E-state index contributed by atoms with van der Waals surface area (Å²) >= 11 is 1.48. The molecule has 0 saturated carbocycles. The summed E-state index contributed by atoms with van der Waals surface area (Å²) in [5.41, 5.74) is 6.19. The van der Waals surface area contributed by atoms with Crippen LogP contribution in [-0.2, 0) is 11.3 Å². The third kappa shape index (κ3) is 4.92. The van der Waals surface area contributed by atoms with E-state index in [1.807, 2.05) is 47.8 Å². The van der Waals surface area contributed by atoms with E-state index in [4.69, 9.17) is 5.73 Å². The van der Waals surface area contributed by atoms with Gasteiger partial charge < -0.3 is 16.4 Å². The lowest BCUT2D eigenvalue weighted by Crippen LogP contribution is -2.36. The number of benzene rings is 1. The molecular formula is C15H17N3O2S. The molecule has 0 saturated heterocycles. The van der Waals surface area contributed by atoms with Crippen molar-refractivity contribution in [1.82, 2.24) is 10.6 Å². The lowest BCUT2D eigenvalue weighted by Gasteiger charge is -2.15. The second-order valence-electron chi connectivity index (χ2n) is 4.54. The zero-order valence-corrected chi connectivity index (χ0v) is 12.2. The van der Waals surface area contributed by atoms with Crippen molar-refractivity contribution in [1.29, 1.82) is 0 Å². The third-order valence-corrected chi connectivity index (χ3v) is 3.91. The summed E-state index contributed by atoms with van der Waals surface area (Å²) in [6.45, 7) is 0.466. The number of rotatable bonds is 6. The monoisotopic (exact) mass is 303 g/mol. The van der Waals surface area contributed by atoms with Crippen LogP contribution >= 0.6 is 11.3 Å². The molecule has 2 rings (SSSR count). The van der Waals surface area contributed by atoms with Crippen molar-refractivity contribution >= 4 is 23.3 Å². The molecule has 0 bridgehead atoms. The Hall–Kier alpha value is -2.34. The Morgan fingerprint density at radius 2 is 1.90 bits per heavy atom. The minimum absolute atomic E-state index is 0.133. The Balaban J connectivity index is 1.90. The first-order chi connectivity index (χ1) is 10.1. The Morgan fingerprint density at radius 1 is 1.14 bits per heavy atom. The first kappa shape index (κ1) is 15.1. The van der Waals surface area contributed by atoms with Crippen LogP contribution < -0.4 is 16.4 Å². The standard InChI is InChI=1S/C15H17N3O2S/c16-15(20)18-12(13-7-4-8-21-13)9-14(19)17-10-11-5-2-1-3-6-11/h1-8,12H,9-10H2,(H,17,19)(H3,16,18,20)/t12-/m1/s1. The highest BCUT2D eigenvalue weighted by Gasteiger charge is 2.18. The van der Waals surface area contributed by atoms with Gasteiger partial charge in [-0.05, 0) is 17.0 Å². The molecule has 0 aliphatic heterocycles. The molecule has 110 valence electrons. The van der Waals surface area contributed by atoms with Crippen molar-refractivity contribution in [3.63, 3.8) is 0 Å². The molecule has 1 atom stereocenters. The van der Waals surface area contributed by atoms with Gasteiger partial charge in [0.05, 0.1) is 12.5 Å². The second-order valence-corrected chi connectivity index (χ2v) is 5.52. The molecule has 0 aliphatic rings. The second kappa shape index (κ2) is 7.44. The van der Waals surface area contributed by atoms with Crippen LogP contribution in [-0.4, -0.2) is 11.9 Å². The highest BCUT2D eigenvalue weighted by Crippen LogP contribution is 2.21. The number of carbonyl (C=O) groups is 2. The molecule has 1 aromatic carbocycles. The van der Waals surface area contributed by atoms with Crippen LogP contribution in [0.5, 0.6) is 0 Å². The molecule has 1 aromatic heterocycles. The fourth-order valence-electron chi connectivity index (χ4n) is 1.94. The van der Waals surface area contributed by atoms with Crippen LogP contribution in [0.25, 0.3) is 0 Å². The smallest absolute Gasteiger partial charge is 0.312 e. The van der Waals surface area contributed by atoms with E-state index >= 15 is 0 Å². The zero-order chi connectivity index (χ0) is 15.1. The van der Waals surface area contributed by atoms with E-state index in [2.05, 4.69) is 10.6 Å². The van der Waals surface area contributed by atoms with Crippen LogP contribution in [0.2, 0.25) is 0 Å². The minimum Gasteiger partial charge on any atom is -0.352 e. The topological polar surface area (TPSA) is 84.2 Å². The molecule has 6 heteroatoms. The average molecular weight is 303 g/mol. The van der Waals surface area contributed by atoms with Gasteiger partial charge in [-0.25, -0.2) is 4.79 Å². The van der Waals surface area contributed by atoms with Crippen LogP contribution in [0.4, 0.5) is 4.79 Å². The van der Waals surface area contributed by atoms with E-state index < -0.39 is 12.1 Å². The molecule has 0 radical (unpaired) electrons. The molecule has 1 heterocycles. The molecule has 21 heavy (non-hydrogen) atoms. The fourth-order valence-corrected chi connectivity index (χ4v) is 2.72. The number of hydrogen-bond donors (Lipinski definition) is 3. The van der Waals surface area contributed by atoms with E-state index in [1.165, 1.54) is 11.3 Å². The lowest BCUT2D eigenvalue weighted by atomic mass is 10.1. The van der Waals surface area contributed by atoms with Crippen LogP contribution in [0.1, 0.15) is 22.9 Å². The number of nitrogens with one attached hydrogen (secondary N) is 2. The lowest BCUT2D eigenvalue weighted by molar-refractivity contribution is -0.121. The first-order valence-corrected chi connectivity index (χ1v) is 7.43. The summed E-state index contributed by atoms with van der Waals surface area (Å²) in [5, 5.41) is 7.33. The molecule has 3 amide bonds. The zero-order valence-electron chi connectivity index (χ0n) is 11.4. The SMILES string of the molecule is NC(=O)N[C@H](CC(=O)NCc1ccccc1)c1cccs1. The van der Waals surface area contributed by atoms with Gasteiger partial charge in [-0.2, -0.15) is 0 Å². The van der Waals surface area contributed by atoms with E-state index in [0.29, 0.717) is 6.54 Å². The van der Waals surface area contributed by atoms with Crippen molar-refractivity contribution in [2.45, 2.75) is 19.0 Å². The summed E-state index contributed by atoms with van der Waals surface area (Å²) in [6.07, 6.45) is 0.163. The summed E-state index contributed by atoms with van der Waals surface area (Å²) in [6, 6.07) is 12.4. The van der Waals surface area contributed by atoms with Gasteiger partial charge in [0.15, 0.2) is 0 Å². The maximum atomic E-state index is 12.0. The number of primary amides is 1. The summed E-state index contributed by atoms with van der Waals surface area (Å²) in [7, 11) is 0. The third-order valence-electron chi connectivity index (χ3n) is 2.93. The molecule has 0 spiro atoms. The fraction of sp³-hybridized carbons (Fsp3) is 0.200. The number of thiophene rings is 1. The maximum absolute atomic E-state index is 12.0. The van der Waals surface area contributed by atoms with Crippen molar-refractivity contribution in [3.05, 3.63) is 58.3 Å². The predicted octanol–water partition coefficient (Wildman–Crippen LogP) is 2.16. The van der Waals surface area contributed by atoms with Gasteiger partial charge in [-0.1, -0.05) is 36.4 Å². The Kier molecular flexibility index (Phi) is 5.34. The molecule has 2 aromatic rings. The Labute approximate surface area is 127 Å². The molecule has 4 N–H and O–H groups in total. The Bertz CT molecular complexity index is 584. The number of nitrogens with two attached hydrogens (primary N) is 1. The summed E-state index contributed by atoms with van der Waals surface area (Å²) < 4.78 is 0. The molecule has 0 aliphatic carbocycles. The van der Waals surface area contributed by atoms with Crippen molar-refractivity contribution in [3.8, 4) is 0 Å². The molecular weight excluding hydrogens is 286 g/mol. The van der Waals surface area contributed by atoms with Gasteiger partial charge in [-0.3, -0.25) is 4.79 Å². The van der Waals surface area contributed by atoms with Gasteiger partial charge in [0, 0.05) is 11.4 Å². The number of carbonyl (C=O) groups excluding carboxylic acids is 2. The highest BCUT2D eigenvalue weighted by molar-refractivity contribution is 7.10. The largest absolute Gasteiger partial charge is 0.352 e. The van der Waals surface area contributed by atoms with E-state index in [-0.39, 0.29) is 12.3 Å². The summed E-state index contributed by atoms with van der Waals surface area (Å²) in [4.78, 5) is 24.0. The van der Waals surface area contributed by atoms with Gasteiger partial charge >= 0.3 is 6.03 Å². The summed E-state index contributed by atoms with van der Waals surface area (Å²) in [5.74, 6) is -0.133. The Morgan fingerprint density at radius 3 is 2.52 bits per heavy atom. The van der Waals surface area contributed by atoms with Crippen molar-refractivity contribution in [2.75, 3.05) is 0 Å². The van der Waals surface area contributed by atoms with E-state index in [9.17, 15) is 9.59 Å². The van der Waals surface area contributed by atoms with Crippen LogP contribution in [0, 0.1) is 0 Å². The van der Waals surface area contributed by atoms with Crippen LogP contribution in [0.15, 0.2) is 47.8 Å². The number of amides is 3.